The zero-order valence-electron chi connectivity index (χ0n) is 16.5. The van der Waals surface area contributed by atoms with Gasteiger partial charge in [-0.3, -0.25) is 4.98 Å². The van der Waals surface area contributed by atoms with E-state index in [-0.39, 0.29) is 17.6 Å². The number of rotatable bonds is 7. The number of pyridine rings is 1. The van der Waals surface area contributed by atoms with Crippen molar-refractivity contribution in [3.05, 3.63) is 48.3 Å². The zero-order valence-corrected chi connectivity index (χ0v) is 16.5. The van der Waals surface area contributed by atoms with Gasteiger partial charge in [0.05, 0.1) is 18.4 Å². The predicted octanol–water partition coefficient (Wildman–Crippen LogP) is 2.76. The number of nitrogens with zero attached hydrogens (tertiary/aromatic N) is 4. The molecular formula is C21H29N5O2. The molecule has 2 fully saturated rings. The number of ether oxygens (including phenoxy) is 1. The molecule has 1 saturated heterocycles. The van der Waals surface area contributed by atoms with Crippen LogP contribution in [0.5, 0.6) is 0 Å². The second kappa shape index (κ2) is 8.31. The number of amides is 2. The van der Waals surface area contributed by atoms with Gasteiger partial charge in [-0.2, -0.15) is 0 Å². The van der Waals surface area contributed by atoms with Gasteiger partial charge in [0, 0.05) is 50.2 Å². The molecule has 0 spiro atoms. The van der Waals surface area contributed by atoms with Crippen LogP contribution in [0.2, 0.25) is 0 Å². The van der Waals surface area contributed by atoms with Crippen molar-refractivity contribution in [1.29, 1.82) is 0 Å². The quantitative estimate of drug-likeness (QED) is 0.798. The number of carbonyl (C=O) groups is 1. The molecule has 2 aromatic heterocycles. The molecule has 2 aliphatic rings. The molecule has 3 heterocycles. The maximum Gasteiger partial charge on any atom is 0.317 e. The second-order valence-corrected chi connectivity index (χ2v) is 8.10. The largest absolute Gasteiger partial charge is 0.370 e. The highest BCUT2D eigenvalue weighted by Gasteiger charge is 2.43. The molecule has 1 N–H and O–H groups in total. The van der Waals surface area contributed by atoms with Gasteiger partial charge >= 0.3 is 6.03 Å². The molecule has 1 aliphatic carbocycles. The zero-order chi connectivity index (χ0) is 19.4. The Kier molecular flexibility index (Phi) is 5.62. The molecule has 7 nitrogen and oxygen atoms in total. The Labute approximate surface area is 166 Å². The predicted molar refractivity (Wildman–Crippen MR) is 106 cm³/mol. The summed E-state index contributed by atoms with van der Waals surface area (Å²) >= 11 is 0. The van der Waals surface area contributed by atoms with E-state index in [4.69, 9.17) is 4.74 Å². The summed E-state index contributed by atoms with van der Waals surface area (Å²) < 4.78 is 8.18. The fraction of sp³-hybridized carbons (Fsp3) is 0.571. The molecule has 0 aromatic carbocycles. The van der Waals surface area contributed by atoms with E-state index in [0.717, 1.165) is 56.8 Å². The lowest BCUT2D eigenvalue weighted by Crippen LogP contribution is -2.49. The first-order chi connectivity index (χ1) is 13.6. The van der Waals surface area contributed by atoms with E-state index in [2.05, 4.69) is 19.9 Å². The molecule has 150 valence electrons. The van der Waals surface area contributed by atoms with Crippen molar-refractivity contribution in [2.24, 2.45) is 5.41 Å². The van der Waals surface area contributed by atoms with E-state index in [0.29, 0.717) is 13.2 Å². The standard InChI is InChI=1S/C21H29N5O2/c1-17-22-10-12-26(17)16-21(7-8-21)15-24-20(27)25-11-4-6-19(13-25)28-14-18-5-2-3-9-23-18/h2-3,5,9-10,12,19H,4,6-8,11,13-16H2,1H3,(H,24,27). The van der Waals surface area contributed by atoms with Crippen molar-refractivity contribution >= 4 is 6.03 Å². The third kappa shape index (κ3) is 4.70. The van der Waals surface area contributed by atoms with E-state index in [1.807, 2.05) is 42.4 Å². The van der Waals surface area contributed by atoms with Crippen LogP contribution in [0.1, 0.15) is 37.2 Å². The Morgan fingerprint density at radius 2 is 2.21 bits per heavy atom. The molecule has 1 atom stereocenters. The minimum atomic E-state index is 0.0276. The summed E-state index contributed by atoms with van der Waals surface area (Å²) in [5, 5.41) is 3.17. The van der Waals surface area contributed by atoms with Crippen molar-refractivity contribution in [3.63, 3.8) is 0 Å². The van der Waals surface area contributed by atoms with Gasteiger partial charge in [-0.15, -0.1) is 0 Å². The molecule has 1 saturated carbocycles. The van der Waals surface area contributed by atoms with Gasteiger partial charge in [0.1, 0.15) is 5.82 Å². The Hall–Kier alpha value is -2.41. The summed E-state index contributed by atoms with van der Waals surface area (Å²) in [5.41, 5.74) is 1.11. The van der Waals surface area contributed by atoms with Gasteiger partial charge in [0.25, 0.3) is 0 Å². The van der Waals surface area contributed by atoms with Crippen LogP contribution in [0.4, 0.5) is 4.79 Å². The van der Waals surface area contributed by atoms with Crippen LogP contribution < -0.4 is 5.32 Å². The number of aromatic nitrogens is 3. The summed E-state index contributed by atoms with van der Waals surface area (Å²) in [6.07, 6.45) is 9.97. The topological polar surface area (TPSA) is 72.3 Å². The summed E-state index contributed by atoms with van der Waals surface area (Å²) in [6.45, 7) is 5.60. The molecule has 1 unspecified atom stereocenters. The van der Waals surface area contributed by atoms with Gasteiger partial charge in [-0.25, -0.2) is 9.78 Å². The second-order valence-electron chi connectivity index (χ2n) is 8.10. The Balaban J connectivity index is 1.23. The molecule has 28 heavy (non-hydrogen) atoms. The number of hydrogen-bond acceptors (Lipinski definition) is 4. The van der Waals surface area contributed by atoms with Crippen molar-refractivity contribution in [1.82, 2.24) is 24.8 Å². The lowest BCUT2D eigenvalue weighted by atomic mass is 10.1. The van der Waals surface area contributed by atoms with Crippen LogP contribution in [-0.4, -0.2) is 51.2 Å². The maximum absolute atomic E-state index is 12.7. The first-order valence-corrected chi connectivity index (χ1v) is 10.2. The van der Waals surface area contributed by atoms with E-state index in [9.17, 15) is 4.79 Å². The average Bonchev–Trinajstić information content (AvgIpc) is 3.39. The number of imidazole rings is 1. The number of piperidine rings is 1. The molecule has 2 amide bonds. The fourth-order valence-electron chi connectivity index (χ4n) is 3.82. The van der Waals surface area contributed by atoms with Gasteiger partial charge in [-0.1, -0.05) is 6.07 Å². The Morgan fingerprint density at radius 3 is 2.93 bits per heavy atom. The molecule has 0 radical (unpaired) electrons. The number of nitrogens with one attached hydrogen (secondary N) is 1. The first kappa shape index (κ1) is 18.9. The molecule has 0 bridgehead atoms. The normalized spacial score (nSPS) is 20.8. The van der Waals surface area contributed by atoms with Crippen molar-refractivity contribution in [3.8, 4) is 0 Å². The highest BCUT2D eigenvalue weighted by Crippen LogP contribution is 2.46. The van der Waals surface area contributed by atoms with Gasteiger partial charge < -0.3 is 19.5 Å². The highest BCUT2D eigenvalue weighted by atomic mass is 16.5. The fourth-order valence-corrected chi connectivity index (χ4v) is 3.82. The Bertz CT molecular complexity index is 787. The molecule has 4 rings (SSSR count). The van der Waals surface area contributed by atoms with Crippen LogP contribution >= 0.6 is 0 Å². The van der Waals surface area contributed by atoms with E-state index in [1.54, 1.807) is 6.20 Å². The number of carbonyl (C=O) groups excluding carboxylic acids is 1. The molecular weight excluding hydrogens is 354 g/mol. The first-order valence-electron chi connectivity index (χ1n) is 10.2. The molecule has 1 aliphatic heterocycles. The van der Waals surface area contributed by atoms with Crippen LogP contribution in [0.15, 0.2) is 36.8 Å². The van der Waals surface area contributed by atoms with Gasteiger partial charge in [0.15, 0.2) is 0 Å². The number of aryl methyl sites for hydroxylation is 1. The van der Waals surface area contributed by atoms with Crippen LogP contribution in [0.3, 0.4) is 0 Å². The minimum Gasteiger partial charge on any atom is -0.370 e. The summed E-state index contributed by atoms with van der Waals surface area (Å²) in [4.78, 5) is 23.2. The number of urea groups is 1. The van der Waals surface area contributed by atoms with E-state index >= 15 is 0 Å². The van der Waals surface area contributed by atoms with Gasteiger partial charge in [0.2, 0.25) is 0 Å². The highest BCUT2D eigenvalue weighted by molar-refractivity contribution is 5.74. The third-order valence-corrected chi connectivity index (χ3v) is 5.86. The summed E-state index contributed by atoms with van der Waals surface area (Å²) in [6, 6.07) is 5.85. The SMILES string of the molecule is Cc1nccn1CC1(CNC(=O)N2CCCC(OCc3ccccn3)C2)CC1. The smallest absolute Gasteiger partial charge is 0.317 e. The maximum atomic E-state index is 12.7. The lowest BCUT2D eigenvalue weighted by Gasteiger charge is -2.33. The monoisotopic (exact) mass is 383 g/mol. The minimum absolute atomic E-state index is 0.0276. The third-order valence-electron chi connectivity index (χ3n) is 5.86. The average molecular weight is 383 g/mol. The van der Waals surface area contributed by atoms with Crippen LogP contribution in [0, 0.1) is 12.3 Å². The van der Waals surface area contributed by atoms with Gasteiger partial charge in [-0.05, 0) is 44.7 Å². The van der Waals surface area contributed by atoms with E-state index < -0.39 is 0 Å². The van der Waals surface area contributed by atoms with Crippen LogP contribution in [-0.2, 0) is 17.9 Å². The van der Waals surface area contributed by atoms with E-state index in [1.165, 1.54) is 0 Å². The molecule has 7 heteroatoms. The summed E-state index contributed by atoms with van der Waals surface area (Å²) in [7, 11) is 0. The number of hydrogen-bond donors (Lipinski definition) is 1. The Morgan fingerprint density at radius 1 is 1.32 bits per heavy atom. The van der Waals surface area contributed by atoms with Crippen molar-refractivity contribution in [2.75, 3.05) is 19.6 Å². The lowest BCUT2D eigenvalue weighted by molar-refractivity contribution is -0.00176. The number of likely N-dealkylation sites (tertiary alicyclic amines) is 1. The van der Waals surface area contributed by atoms with Crippen molar-refractivity contribution in [2.45, 2.75) is 51.9 Å². The van der Waals surface area contributed by atoms with Crippen LogP contribution in [0.25, 0.3) is 0 Å². The van der Waals surface area contributed by atoms with Crippen molar-refractivity contribution < 1.29 is 9.53 Å². The molecule has 2 aromatic rings. The summed E-state index contributed by atoms with van der Waals surface area (Å²) in [5.74, 6) is 1.03.